The number of rotatable bonds is 6. The number of halogens is 2. The molecule has 1 aliphatic rings. The summed E-state index contributed by atoms with van der Waals surface area (Å²) in [4.78, 5) is 37.6. The smallest absolute Gasteiger partial charge is 0.315 e. The van der Waals surface area contributed by atoms with E-state index in [2.05, 4.69) is 26.6 Å². The van der Waals surface area contributed by atoms with Crippen molar-refractivity contribution in [3.05, 3.63) is 69.4 Å². The molecule has 8 heteroatoms. The molecule has 1 aliphatic heterocycles. The van der Waals surface area contributed by atoms with Crippen molar-refractivity contribution in [2.75, 3.05) is 13.1 Å². The van der Waals surface area contributed by atoms with Crippen LogP contribution in [0.4, 0.5) is 9.18 Å². The van der Waals surface area contributed by atoms with Crippen molar-refractivity contribution in [2.45, 2.75) is 13.0 Å². The molecule has 1 heterocycles. The molecule has 0 aromatic heterocycles. The van der Waals surface area contributed by atoms with E-state index in [-0.39, 0.29) is 30.7 Å². The second-order valence-corrected chi connectivity index (χ2v) is 6.96. The number of nitrogens with zero attached hydrogens (tertiary/aromatic N) is 1. The van der Waals surface area contributed by atoms with Crippen LogP contribution in [0.3, 0.4) is 0 Å². The third-order valence-corrected chi connectivity index (χ3v) is 4.61. The summed E-state index contributed by atoms with van der Waals surface area (Å²) in [5, 5.41) is 5.27. The molecule has 0 atom stereocenters. The Morgan fingerprint density at radius 2 is 1.81 bits per heavy atom. The molecule has 0 bridgehead atoms. The molecule has 140 valence electrons. The molecule has 0 unspecified atom stereocenters. The first-order valence-electron chi connectivity index (χ1n) is 8.37. The number of hydrogen-bond acceptors (Lipinski definition) is 3. The SMILES string of the molecule is O=C(NCCCN1C(=O)c2ccc(Br)cc2C1=O)NCc1cccc(F)c1. The topological polar surface area (TPSA) is 78.5 Å². The van der Waals surface area contributed by atoms with Crippen LogP contribution < -0.4 is 10.6 Å². The third-order valence-electron chi connectivity index (χ3n) is 4.12. The van der Waals surface area contributed by atoms with Gasteiger partial charge in [0.15, 0.2) is 0 Å². The first kappa shape index (κ1) is 19.0. The number of amides is 4. The maximum Gasteiger partial charge on any atom is 0.315 e. The largest absolute Gasteiger partial charge is 0.338 e. The van der Waals surface area contributed by atoms with E-state index in [1.807, 2.05) is 0 Å². The van der Waals surface area contributed by atoms with Gasteiger partial charge in [0, 0.05) is 24.1 Å². The van der Waals surface area contributed by atoms with Crippen molar-refractivity contribution in [1.82, 2.24) is 15.5 Å². The Balaban J connectivity index is 1.42. The second-order valence-electron chi connectivity index (χ2n) is 6.04. The van der Waals surface area contributed by atoms with E-state index in [0.717, 1.165) is 4.47 Å². The van der Waals surface area contributed by atoms with Gasteiger partial charge < -0.3 is 10.6 Å². The number of urea groups is 1. The Morgan fingerprint density at radius 3 is 2.59 bits per heavy atom. The van der Waals surface area contributed by atoms with Crippen molar-refractivity contribution in [3.8, 4) is 0 Å². The Bertz CT molecular complexity index is 904. The minimum Gasteiger partial charge on any atom is -0.338 e. The zero-order valence-electron chi connectivity index (χ0n) is 14.3. The highest BCUT2D eigenvalue weighted by molar-refractivity contribution is 9.10. The molecular formula is C19H17BrFN3O3. The fraction of sp³-hybridized carbons (Fsp3) is 0.211. The summed E-state index contributed by atoms with van der Waals surface area (Å²) in [5.74, 6) is -1.01. The first-order chi connectivity index (χ1) is 13.0. The van der Waals surface area contributed by atoms with Gasteiger partial charge in [0.25, 0.3) is 11.8 Å². The van der Waals surface area contributed by atoms with Gasteiger partial charge >= 0.3 is 6.03 Å². The minimum atomic E-state index is -0.398. The highest BCUT2D eigenvalue weighted by atomic mass is 79.9. The van der Waals surface area contributed by atoms with Gasteiger partial charge in [-0.05, 0) is 42.3 Å². The van der Waals surface area contributed by atoms with Crippen LogP contribution in [0.1, 0.15) is 32.7 Å². The molecule has 4 amide bonds. The monoisotopic (exact) mass is 433 g/mol. The molecule has 6 nitrogen and oxygen atoms in total. The molecule has 3 rings (SSSR count). The van der Waals surface area contributed by atoms with E-state index in [0.29, 0.717) is 29.7 Å². The van der Waals surface area contributed by atoms with Crippen LogP contribution in [-0.4, -0.2) is 35.8 Å². The van der Waals surface area contributed by atoms with Gasteiger partial charge in [-0.2, -0.15) is 0 Å². The molecule has 2 aromatic rings. The molecule has 0 aliphatic carbocycles. The summed E-state index contributed by atoms with van der Waals surface area (Å²) in [6.07, 6.45) is 0.431. The number of nitrogens with one attached hydrogen (secondary N) is 2. The normalized spacial score (nSPS) is 12.9. The van der Waals surface area contributed by atoms with E-state index in [1.165, 1.54) is 17.0 Å². The standard InChI is InChI=1S/C19H17BrFN3O3/c20-13-5-6-15-16(10-13)18(26)24(17(15)25)8-2-7-22-19(27)23-11-12-3-1-4-14(21)9-12/h1,3-6,9-10H,2,7-8,11H2,(H2,22,23,27). The van der Waals surface area contributed by atoms with E-state index in [1.54, 1.807) is 30.3 Å². The molecular weight excluding hydrogens is 417 g/mol. The average molecular weight is 434 g/mol. The Hall–Kier alpha value is -2.74. The maximum atomic E-state index is 13.1. The van der Waals surface area contributed by atoms with Crippen LogP contribution in [0.25, 0.3) is 0 Å². The van der Waals surface area contributed by atoms with Crippen LogP contribution in [0.15, 0.2) is 46.9 Å². The summed E-state index contributed by atoms with van der Waals surface area (Å²) in [6.45, 7) is 0.719. The van der Waals surface area contributed by atoms with Crippen molar-refractivity contribution in [2.24, 2.45) is 0 Å². The van der Waals surface area contributed by atoms with Gasteiger partial charge in [-0.1, -0.05) is 28.1 Å². The van der Waals surface area contributed by atoms with E-state index in [4.69, 9.17) is 0 Å². The van der Waals surface area contributed by atoms with Crippen LogP contribution >= 0.6 is 15.9 Å². The lowest BCUT2D eigenvalue weighted by molar-refractivity contribution is 0.0653. The molecule has 0 saturated carbocycles. The van der Waals surface area contributed by atoms with E-state index >= 15 is 0 Å². The van der Waals surface area contributed by atoms with Crippen molar-refractivity contribution in [1.29, 1.82) is 0 Å². The van der Waals surface area contributed by atoms with Gasteiger partial charge in [-0.25, -0.2) is 9.18 Å². The van der Waals surface area contributed by atoms with Gasteiger partial charge in [0.05, 0.1) is 11.1 Å². The average Bonchev–Trinajstić information content (AvgIpc) is 2.87. The molecule has 0 spiro atoms. The number of carbonyl (C=O) groups is 3. The van der Waals surface area contributed by atoms with Crippen molar-refractivity contribution in [3.63, 3.8) is 0 Å². The van der Waals surface area contributed by atoms with E-state index in [9.17, 15) is 18.8 Å². The van der Waals surface area contributed by atoms with Gasteiger partial charge in [-0.15, -0.1) is 0 Å². The van der Waals surface area contributed by atoms with Gasteiger partial charge in [0.2, 0.25) is 0 Å². The number of benzene rings is 2. The highest BCUT2D eigenvalue weighted by Crippen LogP contribution is 2.25. The van der Waals surface area contributed by atoms with Crippen LogP contribution in [-0.2, 0) is 6.54 Å². The molecule has 2 aromatic carbocycles. The molecule has 0 radical (unpaired) electrons. The Labute approximate surface area is 163 Å². The fourth-order valence-electron chi connectivity index (χ4n) is 2.80. The number of imide groups is 1. The lowest BCUT2D eigenvalue weighted by atomic mass is 10.1. The zero-order valence-corrected chi connectivity index (χ0v) is 15.9. The Kier molecular flexibility index (Phi) is 5.85. The molecule has 0 saturated heterocycles. The number of fused-ring (bicyclic) bond motifs is 1. The summed E-state index contributed by atoms with van der Waals surface area (Å²) in [7, 11) is 0. The summed E-state index contributed by atoms with van der Waals surface area (Å²) in [6, 6.07) is 10.5. The number of carbonyl (C=O) groups excluding carboxylic acids is 3. The fourth-order valence-corrected chi connectivity index (χ4v) is 3.16. The van der Waals surface area contributed by atoms with Crippen LogP contribution in [0, 0.1) is 5.82 Å². The van der Waals surface area contributed by atoms with Crippen molar-refractivity contribution < 1.29 is 18.8 Å². The summed E-state index contributed by atoms with van der Waals surface area (Å²) < 4.78 is 13.8. The van der Waals surface area contributed by atoms with Crippen LogP contribution in [0.5, 0.6) is 0 Å². The molecule has 27 heavy (non-hydrogen) atoms. The second kappa shape index (κ2) is 8.30. The van der Waals surface area contributed by atoms with Gasteiger partial charge in [0.1, 0.15) is 5.82 Å². The lowest BCUT2D eigenvalue weighted by Crippen LogP contribution is -2.37. The molecule has 0 fully saturated rings. The predicted octanol–water partition coefficient (Wildman–Crippen LogP) is 3.07. The summed E-state index contributed by atoms with van der Waals surface area (Å²) in [5.41, 5.74) is 1.43. The highest BCUT2D eigenvalue weighted by Gasteiger charge is 2.34. The van der Waals surface area contributed by atoms with E-state index < -0.39 is 6.03 Å². The molecule has 2 N–H and O–H groups in total. The maximum absolute atomic E-state index is 13.1. The zero-order chi connectivity index (χ0) is 19.4. The Morgan fingerprint density at radius 1 is 1.04 bits per heavy atom. The van der Waals surface area contributed by atoms with Gasteiger partial charge in [-0.3, -0.25) is 14.5 Å². The first-order valence-corrected chi connectivity index (χ1v) is 9.17. The third kappa shape index (κ3) is 4.51. The predicted molar refractivity (Wildman–Crippen MR) is 101 cm³/mol. The number of hydrogen-bond donors (Lipinski definition) is 2. The lowest BCUT2D eigenvalue weighted by Gasteiger charge is -2.14. The minimum absolute atomic E-state index is 0.205. The summed E-state index contributed by atoms with van der Waals surface area (Å²) >= 11 is 3.29. The quantitative estimate of drug-likeness (QED) is 0.542. The van der Waals surface area contributed by atoms with Crippen LogP contribution in [0.2, 0.25) is 0 Å². The van der Waals surface area contributed by atoms with Crippen molar-refractivity contribution >= 4 is 33.8 Å².